The first-order valence-corrected chi connectivity index (χ1v) is 8.37. The number of aliphatic imine (C=N–C) groups is 1. The van der Waals surface area contributed by atoms with Crippen molar-refractivity contribution in [1.29, 1.82) is 0 Å². The first-order valence-electron chi connectivity index (χ1n) is 8.37. The van der Waals surface area contributed by atoms with Crippen molar-refractivity contribution in [3.63, 3.8) is 0 Å². The Labute approximate surface area is 166 Å². The minimum atomic E-state index is 0. The second-order valence-electron chi connectivity index (χ2n) is 5.82. The van der Waals surface area contributed by atoms with Crippen molar-refractivity contribution in [2.24, 2.45) is 12.0 Å². The number of carbonyl (C=O) groups excluding carboxylic acids is 1. The molecule has 0 bridgehead atoms. The molecule has 1 saturated heterocycles. The number of amides is 1. The molecule has 0 unspecified atom stereocenters. The van der Waals surface area contributed by atoms with E-state index >= 15 is 0 Å². The predicted octanol–water partition coefficient (Wildman–Crippen LogP) is 0.975. The standard InChI is InChI=1S/C16H27N7O.HI/c1-4-8-17-16(19-12-14-21-20-13(2)22(14)3)18-9-6-11-23-10-5-7-15(23)24;/h4H,1,5-12H2,2-3H3,(H2,17,18,19);1H. The van der Waals surface area contributed by atoms with E-state index < -0.39 is 0 Å². The third kappa shape index (κ3) is 6.63. The topological polar surface area (TPSA) is 87.4 Å². The van der Waals surface area contributed by atoms with Crippen LogP contribution in [0, 0.1) is 6.92 Å². The van der Waals surface area contributed by atoms with E-state index in [1.807, 2.05) is 23.4 Å². The van der Waals surface area contributed by atoms with E-state index in [1.165, 1.54) is 0 Å². The Morgan fingerprint density at radius 1 is 1.40 bits per heavy atom. The predicted molar refractivity (Wildman–Crippen MR) is 109 cm³/mol. The van der Waals surface area contributed by atoms with Gasteiger partial charge in [-0.15, -0.1) is 40.8 Å². The summed E-state index contributed by atoms with van der Waals surface area (Å²) in [6.45, 7) is 9.15. The Bertz CT molecular complexity index is 599. The molecule has 2 rings (SSSR count). The van der Waals surface area contributed by atoms with Crippen LogP contribution in [0.15, 0.2) is 17.6 Å². The molecule has 0 atom stereocenters. The smallest absolute Gasteiger partial charge is 0.222 e. The van der Waals surface area contributed by atoms with Crippen molar-refractivity contribution < 1.29 is 4.79 Å². The highest BCUT2D eigenvalue weighted by atomic mass is 127. The maximum Gasteiger partial charge on any atom is 0.222 e. The minimum Gasteiger partial charge on any atom is -0.356 e. The number of hydrogen-bond donors (Lipinski definition) is 2. The molecule has 140 valence electrons. The highest BCUT2D eigenvalue weighted by molar-refractivity contribution is 14.0. The number of aromatic nitrogens is 3. The van der Waals surface area contributed by atoms with Crippen LogP contribution in [-0.2, 0) is 18.4 Å². The summed E-state index contributed by atoms with van der Waals surface area (Å²) >= 11 is 0. The summed E-state index contributed by atoms with van der Waals surface area (Å²) in [5.74, 6) is 2.66. The van der Waals surface area contributed by atoms with Gasteiger partial charge in [0.1, 0.15) is 12.4 Å². The van der Waals surface area contributed by atoms with Crippen molar-refractivity contribution in [3.8, 4) is 0 Å². The first kappa shape index (κ1) is 21.4. The molecule has 0 radical (unpaired) electrons. The van der Waals surface area contributed by atoms with Gasteiger partial charge in [0, 0.05) is 39.6 Å². The SMILES string of the molecule is C=CCNC(=NCc1nnc(C)n1C)NCCCN1CCCC1=O.I. The fourth-order valence-corrected chi connectivity index (χ4v) is 2.50. The van der Waals surface area contributed by atoms with Crippen molar-refractivity contribution in [1.82, 2.24) is 30.3 Å². The van der Waals surface area contributed by atoms with Gasteiger partial charge < -0.3 is 20.1 Å². The molecule has 2 N–H and O–H groups in total. The van der Waals surface area contributed by atoms with E-state index in [2.05, 4.69) is 32.4 Å². The van der Waals surface area contributed by atoms with Crippen molar-refractivity contribution in [3.05, 3.63) is 24.3 Å². The summed E-state index contributed by atoms with van der Waals surface area (Å²) in [4.78, 5) is 18.0. The molecule has 8 nitrogen and oxygen atoms in total. The van der Waals surface area contributed by atoms with Crippen LogP contribution in [0.25, 0.3) is 0 Å². The van der Waals surface area contributed by atoms with E-state index in [4.69, 9.17) is 0 Å². The van der Waals surface area contributed by atoms with Gasteiger partial charge in [-0.3, -0.25) is 4.79 Å². The molecule has 0 aliphatic carbocycles. The zero-order valence-corrected chi connectivity index (χ0v) is 17.3. The molecule has 2 heterocycles. The molecule has 9 heteroatoms. The van der Waals surface area contributed by atoms with Gasteiger partial charge in [0.25, 0.3) is 0 Å². The van der Waals surface area contributed by atoms with Gasteiger partial charge in [0.15, 0.2) is 11.8 Å². The maximum absolute atomic E-state index is 11.6. The average molecular weight is 461 g/mol. The normalized spacial score (nSPS) is 14.4. The first-order chi connectivity index (χ1) is 11.6. The van der Waals surface area contributed by atoms with Gasteiger partial charge in [-0.25, -0.2) is 4.99 Å². The molecule has 1 aromatic heterocycles. The molecule has 25 heavy (non-hydrogen) atoms. The summed E-state index contributed by atoms with van der Waals surface area (Å²) < 4.78 is 1.92. The fraction of sp³-hybridized carbons (Fsp3) is 0.625. The van der Waals surface area contributed by atoms with Gasteiger partial charge in [0.05, 0.1) is 0 Å². The van der Waals surface area contributed by atoms with Crippen LogP contribution in [-0.4, -0.2) is 57.7 Å². The molecular weight excluding hydrogens is 433 g/mol. The highest BCUT2D eigenvalue weighted by Crippen LogP contribution is 2.09. The summed E-state index contributed by atoms with van der Waals surface area (Å²) in [5, 5.41) is 14.6. The van der Waals surface area contributed by atoms with Crippen molar-refractivity contribution in [2.45, 2.75) is 32.7 Å². The zero-order valence-electron chi connectivity index (χ0n) is 15.0. The summed E-state index contributed by atoms with van der Waals surface area (Å²) in [5.41, 5.74) is 0. The van der Waals surface area contributed by atoms with Gasteiger partial charge in [-0.2, -0.15) is 0 Å². The lowest BCUT2D eigenvalue weighted by Gasteiger charge is -2.16. The quantitative estimate of drug-likeness (QED) is 0.198. The van der Waals surface area contributed by atoms with E-state index in [9.17, 15) is 4.79 Å². The number of aryl methyl sites for hydroxylation is 1. The van der Waals surface area contributed by atoms with Crippen LogP contribution in [0.2, 0.25) is 0 Å². The number of nitrogens with one attached hydrogen (secondary N) is 2. The molecule has 1 fully saturated rings. The van der Waals surface area contributed by atoms with E-state index in [0.29, 0.717) is 25.5 Å². The van der Waals surface area contributed by atoms with Gasteiger partial charge >= 0.3 is 0 Å². The zero-order chi connectivity index (χ0) is 17.4. The average Bonchev–Trinajstić information content (AvgIpc) is 3.12. The van der Waals surface area contributed by atoms with E-state index in [-0.39, 0.29) is 29.9 Å². The monoisotopic (exact) mass is 461 g/mol. The highest BCUT2D eigenvalue weighted by Gasteiger charge is 2.18. The molecule has 0 spiro atoms. The molecule has 1 aromatic rings. The summed E-state index contributed by atoms with van der Waals surface area (Å²) in [7, 11) is 1.93. The molecule has 1 aliphatic heterocycles. The van der Waals surface area contributed by atoms with Gasteiger partial charge in [0.2, 0.25) is 5.91 Å². The van der Waals surface area contributed by atoms with Crippen LogP contribution in [0.3, 0.4) is 0 Å². The lowest BCUT2D eigenvalue weighted by Crippen LogP contribution is -2.39. The number of halogens is 1. The molecule has 0 aromatic carbocycles. The molecule has 1 aliphatic rings. The maximum atomic E-state index is 11.6. The number of hydrogen-bond acceptors (Lipinski definition) is 4. The van der Waals surface area contributed by atoms with Crippen LogP contribution < -0.4 is 10.6 Å². The summed E-state index contributed by atoms with van der Waals surface area (Å²) in [6.07, 6.45) is 4.35. The molecule has 1 amide bonds. The van der Waals surface area contributed by atoms with Crippen LogP contribution >= 0.6 is 24.0 Å². The third-order valence-electron chi connectivity index (χ3n) is 4.04. The second-order valence-corrected chi connectivity index (χ2v) is 5.82. The third-order valence-corrected chi connectivity index (χ3v) is 4.04. The Hall–Kier alpha value is -1.65. The number of nitrogens with zero attached hydrogens (tertiary/aromatic N) is 5. The van der Waals surface area contributed by atoms with Crippen molar-refractivity contribution >= 4 is 35.8 Å². The van der Waals surface area contributed by atoms with Crippen LogP contribution in [0.5, 0.6) is 0 Å². The van der Waals surface area contributed by atoms with Crippen LogP contribution in [0.4, 0.5) is 0 Å². The Balaban J connectivity index is 0.00000312. The largest absolute Gasteiger partial charge is 0.356 e. The van der Waals surface area contributed by atoms with Gasteiger partial charge in [-0.1, -0.05) is 6.08 Å². The molecule has 0 saturated carbocycles. The summed E-state index contributed by atoms with van der Waals surface area (Å²) in [6, 6.07) is 0. The number of carbonyl (C=O) groups is 1. The number of rotatable bonds is 8. The Morgan fingerprint density at radius 3 is 2.80 bits per heavy atom. The lowest BCUT2D eigenvalue weighted by molar-refractivity contribution is -0.127. The Morgan fingerprint density at radius 2 is 2.20 bits per heavy atom. The van der Waals surface area contributed by atoms with Crippen molar-refractivity contribution in [2.75, 3.05) is 26.2 Å². The van der Waals surface area contributed by atoms with Gasteiger partial charge in [-0.05, 0) is 19.8 Å². The fourth-order valence-electron chi connectivity index (χ4n) is 2.50. The van der Waals surface area contributed by atoms with E-state index in [0.717, 1.165) is 44.1 Å². The molecular formula is C16H28IN7O. The Kier molecular flexibility index (Phi) is 9.46. The number of likely N-dealkylation sites (tertiary alicyclic amines) is 1. The minimum absolute atomic E-state index is 0. The van der Waals surface area contributed by atoms with Crippen LogP contribution in [0.1, 0.15) is 30.9 Å². The lowest BCUT2D eigenvalue weighted by atomic mass is 10.4. The van der Waals surface area contributed by atoms with E-state index in [1.54, 1.807) is 6.08 Å². The second kappa shape index (κ2) is 11.1. The number of guanidine groups is 1.